The van der Waals surface area contributed by atoms with E-state index in [1.54, 1.807) is 12.1 Å². The van der Waals surface area contributed by atoms with Crippen LogP contribution in [0.15, 0.2) is 46.9 Å². The van der Waals surface area contributed by atoms with E-state index in [4.69, 9.17) is 0 Å². The van der Waals surface area contributed by atoms with Gasteiger partial charge in [-0.15, -0.1) is 0 Å². The summed E-state index contributed by atoms with van der Waals surface area (Å²) in [5.74, 6) is -1.51. The van der Waals surface area contributed by atoms with E-state index in [2.05, 4.69) is 43.2 Å². The fourth-order valence-electron chi connectivity index (χ4n) is 4.43. The SMILES string of the molecule is O=C1CCN(N2C(=O)c3ccc(CN4CCN(c5cccc(Br)c5)CC4)cc3C2=O)C(=O)N1. The number of halogens is 1. The molecule has 0 aliphatic carbocycles. The molecule has 0 spiro atoms. The van der Waals surface area contributed by atoms with Gasteiger partial charge in [-0.2, -0.15) is 5.01 Å². The van der Waals surface area contributed by atoms with Gasteiger partial charge in [-0.3, -0.25) is 24.6 Å². The van der Waals surface area contributed by atoms with E-state index in [9.17, 15) is 19.2 Å². The van der Waals surface area contributed by atoms with E-state index in [1.807, 2.05) is 18.2 Å². The summed E-state index contributed by atoms with van der Waals surface area (Å²) in [6.07, 6.45) is 0.0380. The minimum Gasteiger partial charge on any atom is -0.369 e. The van der Waals surface area contributed by atoms with Gasteiger partial charge < -0.3 is 4.90 Å². The number of urea groups is 1. The summed E-state index contributed by atoms with van der Waals surface area (Å²) in [6, 6.07) is 12.7. The molecule has 3 heterocycles. The van der Waals surface area contributed by atoms with Crippen LogP contribution in [0.4, 0.5) is 10.5 Å². The third-order valence-electron chi connectivity index (χ3n) is 6.15. The third kappa shape index (κ3) is 4.11. The highest BCUT2D eigenvalue weighted by atomic mass is 79.9. The number of hydrogen-bond donors (Lipinski definition) is 1. The normalized spacial score (nSPS) is 19.2. The molecular weight excluding hydrogens is 490 g/mol. The number of benzene rings is 2. The number of imide groups is 2. The summed E-state index contributed by atoms with van der Waals surface area (Å²) in [5.41, 5.74) is 2.68. The average Bonchev–Trinajstić information content (AvgIpc) is 3.04. The third-order valence-corrected chi connectivity index (χ3v) is 6.65. The van der Waals surface area contributed by atoms with Crippen LogP contribution >= 0.6 is 15.9 Å². The minimum absolute atomic E-state index is 0.00867. The number of fused-ring (bicyclic) bond motifs is 1. The Hall–Kier alpha value is -3.24. The second kappa shape index (κ2) is 8.60. The van der Waals surface area contributed by atoms with E-state index in [0.717, 1.165) is 46.2 Å². The Balaban J connectivity index is 1.26. The van der Waals surface area contributed by atoms with Crippen LogP contribution in [-0.4, -0.2) is 71.4 Å². The first kappa shape index (κ1) is 21.6. The summed E-state index contributed by atoms with van der Waals surface area (Å²) in [4.78, 5) is 54.0. The average molecular weight is 512 g/mol. The molecule has 2 saturated heterocycles. The molecule has 33 heavy (non-hydrogen) atoms. The number of hydrazine groups is 1. The standard InChI is InChI=1S/C23H22BrN5O4/c24-16-2-1-3-17(13-16)27-10-8-26(9-11-27)14-15-4-5-18-19(12-15)22(32)29(21(18)31)28-7-6-20(30)25-23(28)33/h1-5,12-13H,6-11,14H2,(H,25,30,33). The lowest BCUT2D eigenvalue weighted by Crippen LogP contribution is -2.58. The molecule has 0 bridgehead atoms. The second-order valence-corrected chi connectivity index (χ2v) is 9.19. The van der Waals surface area contributed by atoms with Crippen LogP contribution < -0.4 is 10.2 Å². The largest absolute Gasteiger partial charge is 0.369 e. The molecule has 0 saturated carbocycles. The maximum atomic E-state index is 13.0. The van der Waals surface area contributed by atoms with Crippen molar-refractivity contribution in [1.29, 1.82) is 0 Å². The molecule has 2 aromatic rings. The van der Waals surface area contributed by atoms with Crippen molar-refractivity contribution < 1.29 is 19.2 Å². The molecule has 3 aliphatic rings. The van der Waals surface area contributed by atoms with E-state index < -0.39 is 23.8 Å². The summed E-state index contributed by atoms with van der Waals surface area (Å²) < 4.78 is 1.06. The summed E-state index contributed by atoms with van der Waals surface area (Å²) in [7, 11) is 0. The highest BCUT2D eigenvalue weighted by molar-refractivity contribution is 9.10. The van der Waals surface area contributed by atoms with Gasteiger partial charge in [0.1, 0.15) is 0 Å². The Bertz CT molecular complexity index is 1160. The second-order valence-electron chi connectivity index (χ2n) is 8.27. The van der Waals surface area contributed by atoms with E-state index in [1.165, 1.54) is 5.69 Å². The van der Waals surface area contributed by atoms with E-state index >= 15 is 0 Å². The first-order valence-electron chi connectivity index (χ1n) is 10.8. The topological polar surface area (TPSA) is 93.3 Å². The van der Waals surface area contributed by atoms with Gasteiger partial charge in [-0.1, -0.05) is 28.1 Å². The predicted octanol–water partition coefficient (Wildman–Crippen LogP) is 2.22. The molecular formula is C23H22BrN5O4. The molecule has 5 amide bonds. The molecule has 1 N–H and O–H groups in total. The Morgan fingerprint density at radius 1 is 0.848 bits per heavy atom. The van der Waals surface area contributed by atoms with Crippen LogP contribution in [0.1, 0.15) is 32.7 Å². The number of hydrogen-bond acceptors (Lipinski definition) is 6. The molecule has 170 valence electrons. The molecule has 0 unspecified atom stereocenters. The molecule has 2 fully saturated rings. The summed E-state index contributed by atoms with van der Waals surface area (Å²) >= 11 is 3.52. The summed E-state index contributed by atoms with van der Waals surface area (Å²) in [5, 5.41) is 3.99. The van der Waals surface area contributed by atoms with Gasteiger partial charge in [-0.05, 0) is 35.9 Å². The van der Waals surface area contributed by atoms with Gasteiger partial charge in [0.05, 0.1) is 17.7 Å². The van der Waals surface area contributed by atoms with Crippen molar-refractivity contribution in [2.24, 2.45) is 0 Å². The Labute approximate surface area is 199 Å². The van der Waals surface area contributed by atoms with Crippen molar-refractivity contribution in [3.8, 4) is 0 Å². The molecule has 0 aromatic heterocycles. The monoisotopic (exact) mass is 511 g/mol. The van der Waals surface area contributed by atoms with Crippen molar-refractivity contribution in [2.75, 3.05) is 37.6 Å². The highest BCUT2D eigenvalue weighted by Gasteiger charge is 2.43. The zero-order chi connectivity index (χ0) is 23.1. The Kier molecular flexibility index (Phi) is 5.63. The van der Waals surface area contributed by atoms with E-state index in [-0.39, 0.29) is 24.1 Å². The molecule has 0 atom stereocenters. The van der Waals surface area contributed by atoms with Crippen molar-refractivity contribution >= 4 is 45.4 Å². The highest BCUT2D eigenvalue weighted by Crippen LogP contribution is 2.27. The lowest BCUT2D eigenvalue weighted by molar-refractivity contribution is -0.122. The smallest absolute Gasteiger partial charge is 0.343 e. The van der Waals surface area contributed by atoms with Gasteiger partial charge in [0.25, 0.3) is 11.8 Å². The number of carbonyl (C=O) groups excluding carboxylic acids is 4. The number of nitrogens with one attached hydrogen (secondary N) is 1. The van der Waals surface area contributed by atoms with Crippen LogP contribution in [0.5, 0.6) is 0 Å². The van der Waals surface area contributed by atoms with Crippen LogP contribution in [-0.2, 0) is 11.3 Å². The van der Waals surface area contributed by atoms with Gasteiger partial charge in [0, 0.05) is 49.3 Å². The van der Waals surface area contributed by atoms with Crippen LogP contribution in [0.2, 0.25) is 0 Å². The lowest BCUT2D eigenvalue weighted by atomic mass is 10.1. The van der Waals surface area contributed by atoms with Crippen molar-refractivity contribution in [3.63, 3.8) is 0 Å². The molecule has 5 rings (SSSR count). The number of piperazine rings is 1. The zero-order valence-electron chi connectivity index (χ0n) is 17.8. The molecule has 0 radical (unpaired) electrons. The van der Waals surface area contributed by atoms with Crippen LogP contribution in [0, 0.1) is 0 Å². The number of nitrogens with zero attached hydrogens (tertiary/aromatic N) is 4. The van der Waals surface area contributed by atoms with Crippen molar-refractivity contribution in [3.05, 3.63) is 63.6 Å². The molecule has 3 aliphatic heterocycles. The lowest BCUT2D eigenvalue weighted by Gasteiger charge is -2.36. The predicted molar refractivity (Wildman–Crippen MR) is 123 cm³/mol. The zero-order valence-corrected chi connectivity index (χ0v) is 19.4. The minimum atomic E-state index is -0.760. The number of anilines is 1. The molecule has 2 aromatic carbocycles. The van der Waals surface area contributed by atoms with E-state index in [0.29, 0.717) is 6.54 Å². The maximum Gasteiger partial charge on any atom is 0.343 e. The van der Waals surface area contributed by atoms with Crippen molar-refractivity contribution in [2.45, 2.75) is 13.0 Å². The number of rotatable bonds is 4. The van der Waals surface area contributed by atoms with Gasteiger partial charge >= 0.3 is 6.03 Å². The Morgan fingerprint density at radius 3 is 2.33 bits per heavy atom. The fourth-order valence-corrected chi connectivity index (χ4v) is 4.82. The quantitative estimate of drug-likeness (QED) is 0.632. The van der Waals surface area contributed by atoms with Gasteiger partial charge in [0.2, 0.25) is 5.91 Å². The van der Waals surface area contributed by atoms with Gasteiger partial charge in [-0.25, -0.2) is 9.80 Å². The maximum absolute atomic E-state index is 13.0. The fraction of sp³-hybridized carbons (Fsp3) is 0.304. The van der Waals surface area contributed by atoms with Crippen LogP contribution in [0.3, 0.4) is 0 Å². The first-order valence-corrected chi connectivity index (χ1v) is 11.6. The molecule has 10 heteroatoms. The van der Waals surface area contributed by atoms with Gasteiger partial charge in [0.15, 0.2) is 0 Å². The summed E-state index contributed by atoms with van der Waals surface area (Å²) in [6.45, 7) is 4.21. The van der Waals surface area contributed by atoms with Crippen LogP contribution in [0.25, 0.3) is 0 Å². The van der Waals surface area contributed by atoms with Crippen molar-refractivity contribution in [1.82, 2.24) is 20.2 Å². The Morgan fingerprint density at radius 2 is 1.61 bits per heavy atom. The first-order chi connectivity index (χ1) is 15.9. The number of amides is 5. The molecule has 9 nitrogen and oxygen atoms in total. The number of carbonyl (C=O) groups is 4.